The van der Waals surface area contributed by atoms with Crippen molar-refractivity contribution < 1.29 is 13.2 Å². The molecule has 1 unspecified atom stereocenters. The Morgan fingerprint density at radius 3 is 2.56 bits per heavy atom. The summed E-state index contributed by atoms with van der Waals surface area (Å²) in [4.78, 5) is 0. The van der Waals surface area contributed by atoms with E-state index in [4.69, 9.17) is 22.1 Å². The molecule has 2 N–H and O–H groups in total. The molecule has 3 rings (SSSR count). The molecule has 1 heterocycles. The van der Waals surface area contributed by atoms with Crippen molar-refractivity contribution in [2.45, 2.75) is 6.92 Å². The van der Waals surface area contributed by atoms with Crippen molar-refractivity contribution in [3.63, 3.8) is 0 Å². The lowest BCUT2D eigenvalue weighted by Crippen LogP contribution is -2.50. The van der Waals surface area contributed by atoms with E-state index in [2.05, 4.69) is 0 Å². The quantitative estimate of drug-likeness (QED) is 0.759. The molecule has 0 saturated carbocycles. The van der Waals surface area contributed by atoms with Crippen LogP contribution in [0.3, 0.4) is 0 Å². The molecule has 1 aliphatic rings. The SMILES string of the molecule is Cc1cc([N+]2(S(C)(=O)=O)C=C(CN)C=CC2)c(Cl)cc1Oc1ccccc1. The summed E-state index contributed by atoms with van der Waals surface area (Å²) in [5, 5.41) is 0.319. The van der Waals surface area contributed by atoms with Gasteiger partial charge in [-0.25, -0.2) is 0 Å². The molecule has 142 valence electrons. The maximum absolute atomic E-state index is 12.8. The van der Waals surface area contributed by atoms with Crippen LogP contribution in [0, 0.1) is 6.92 Å². The van der Waals surface area contributed by atoms with Gasteiger partial charge in [-0.3, -0.25) is 0 Å². The van der Waals surface area contributed by atoms with E-state index in [0.717, 1.165) is 11.1 Å². The molecule has 2 aromatic rings. The molecule has 0 bridgehead atoms. The number of benzene rings is 2. The van der Waals surface area contributed by atoms with Crippen molar-refractivity contribution >= 4 is 27.3 Å². The van der Waals surface area contributed by atoms with E-state index in [1.165, 1.54) is 6.26 Å². The predicted octanol–water partition coefficient (Wildman–Crippen LogP) is 4.12. The third-order valence-electron chi connectivity index (χ3n) is 4.53. The third kappa shape index (κ3) is 3.80. The minimum atomic E-state index is -3.57. The van der Waals surface area contributed by atoms with E-state index in [1.54, 1.807) is 18.3 Å². The molecule has 1 aliphatic heterocycles. The fraction of sp³-hybridized carbons (Fsp3) is 0.200. The topological polar surface area (TPSA) is 69.4 Å². The average Bonchev–Trinajstić information content (AvgIpc) is 2.64. The van der Waals surface area contributed by atoms with Gasteiger partial charge in [-0.15, -0.1) is 0 Å². The molecule has 0 radical (unpaired) electrons. The third-order valence-corrected chi connectivity index (χ3v) is 6.47. The monoisotopic (exact) mass is 405 g/mol. The van der Waals surface area contributed by atoms with Crippen LogP contribution in [-0.2, 0) is 10.0 Å². The summed E-state index contributed by atoms with van der Waals surface area (Å²) in [6.45, 7) is 2.36. The lowest BCUT2D eigenvalue weighted by Gasteiger charge is -2.34. The first-order valence-electron chi connectivity index (χ1n) is 8.47. The zero-order chi connectivity index (χ0) is 19.7. The molecule has 5 nitrogen and oxygen atoms in total. The summed E-state index contributed by atoms with van der Waals surface area (Å²) in [7, 11) is -3.57. The lowest BCUT2D eigenvalue weighted by molar-refractivity contribution is 0.477. The van der Waals surface area contributed by atoms with Crippen LogP contribution in [0.4, 0.5) is 5.69 Å². The molecule has 0 spiro atoms. The van der Waals surface area contributed by atoms with E-state index in [-0.39, 0.29) is 13.1 Å². The number of sulfonamides is 1. The number of hydrogen-bond donors (Lipinski definition) is 1. The van der Waals surface area contributed by atoms with Crippen molar-refractivity contribution in [3.8, 4) is 11.5 Å². The first-order chi connectivity index (χ1) is 12.8. The van der Waals surface area contributed by atoms with Gasteiger partial charge in [0.2, 0.25) is 0 Å². The van der Waals surface area contributed by atoms with Crippen LogP contribution in [0.1, 0.15) is 5.56 Å². The standard InChI is InChI=1S/C20H22ClN2O3S/c1-15-11-19(18(21)12-20(15)26-17-8-4-3-5-9-17)23(27(2,24)25)10-6-7-16(13-22)14-23/h3-9,11-12,14H,10,13,22H2,1-2H3/q+1. The van der Waals surface area contributed by atoms with E-state index >= 15 is 0 Å². The molecule has 0 aliphatic carbocycles. The smallest absolute Gasteiger partial charge is 0.303 e. The van der Waals surface area contributed by atoms with Gasteiger partial charge in [0.25, 0.3) is 0 Å². The summed E-state index contributed by atoms with van der Waals surface area (Å²) < 4.78 is 31.0. The summed E-state index contributed by atoms with van der Waals surface area (Å²) in [5.74, 6) is 1.26. The molecule has 2 aromatic carbocycles. The molecule has 27 heavy (non-hydrogen) atoms. The van der Waals surface area contributed by atoms with Gasteiger partial charge < -0.3 is 10.5 Å². The Bertz CT molecular complexity index is 1020. The highest BCUT2D eigenvalue weighted by atomic mass is 35.5. The Morgan fingerprint density at radius 2 is 1.93 bits per heavy atom. The van der Waals surface area contributed by atoms with Crippen LogP contribution < -0.4 is 14.4 Å². The van der Waals surface area contributed by atoms with E-state index in [9.17, 15) is 8.42 Å². The first kappa shape index (κ1) is 19.6. The molecule has 0 fully saturated rings. The number of quaternary nitrogens is 1. The van der Waals surface area contributed by atoms with Crippen LogP contribution in [0.5, 0.6) is 11.5 Å². The Labute approximate surface area is 165 Å². The second-order valence-corrected chi connectivity index (χ2v) is 9.03. The van der Waals surface area contributed by atoms with Gasteiger partial charge in [0.15, 0.2) is 5.69 Å². The van der Waals surface area contributed by atoms with Crippen molar-refractivity contribution in [2.24, 2.45) is 5.73 Å². The van der Waals surface area contributed by atoms with Gasteiger partial charge in [-0.2, -0.15) is 12.3 Å². The number of halogens is 1. The highest BCUT2D eigenvalue weighted by molar-refractivity contribution is 7.90. The van der Waals surface area contributed by atoms with Gasteiger partial charge in [0, 0.05) is 24.3 Å². The van der Waals surface area contributed by atoms with Gasteiger partial charge >= 0.3 is 10.0 Å². The van der Waals surface area contributed by atoms with Gasteiger partial charge in [-0.1, -0.05) is 35.9 Å². The van der Waals surface area contributed by atoms with Crippen molar-refractivity contribution in [2.75, 3.05) is 19.3 Å². The predicted molar refractivity (Wildman–Crippen MR) is 110 cm³/mol. The van der Waals surface area contributed by atoms with Crippen LogP contribution in [0.25, 0.3) is 0 Å². The van der Waals surface area contributed by atoms with Gasteiger partial charge in [-0.05, 0) is 30.7 Å². The minimum Gasteiger partial charge on any atom is -0.457 e. The Kier molecular flexibility index (Phi) is 5.44. The van der Waals surface area contributed by atoms with Crippen LogP contribution in [0.15, 0.2) is 66.4 Å². The number of aryl methyl sites for hydroxylation is 1. The Hall–Kier alpha value is -2.12. The number of rotatable bonds is 5. The second-order valence-electron chi connectivity index (χ2n) is 6.51. The summed E-state index contributed by atoms with van der Waals surface area (Å²) in [6.07, 6.45) is 6.52. The molecular formula is C20H22ClN2O3S+. The van der Waals surface area contributed by atoms with E-state index in [1.807, 2.05) is 49.4 Å². The maximum atomic E-state index is 12.8. The largest absolute Gasteiger partial charge is 0.457 e. The second kappa shape index (κ2) is 7.48. The van der Waals surface area contributed by atoms with E-state index in [0.29, 0.717) is 22.2 Å². The lowest BCUT2D eigenvalue weighted by atomic mass is 10.1. The summed E-state index contributed by atoms with van der Waals surface area (Å²) >= 11 is 6.54. The van der Waals surface area contributed by atoms with Crippen molar-refractivity contribution in [1.82, 2.24) is 3.89 Å². The minimum absolute atomic E-state index is 0.248. The van der Waals surface area contributed by atoms with Crippen molar-refractivity contribution in [3.05, 3.63) is 77.0 Å². The summed E-state index contributed by atoms with van der Waals surface area (Å²) in [6, 6.07) is 12.8. The zero-order valence-corrected chi connectivity index (χ0v) is 16.8. The number of nitrogens with two attached hydrogens (primary N) is 1. The molecule has 7 heteroatoms. The number of para-hydroxylation sites is 1. The average molecular weight is 406 g/mol. The fourth-order valence-electron chi connectivity index (χ4n) is 3.09. The Balaban J connectivity index is 2.11. The normalized spacial score (nSPS) is 19.6. The van der Waals surface area contributed by atoms with Crippen LogP contribution in [-0.4, -0.2) is 27.8 Å². The molecule has 0 amide bonds. The highest BCUT2D eigenvalue weighted by Gasteiger charge is 2.42. The maximum Gasteiger partial charge on any atom is 0.303 e. The number of nitrogens with zero attached hydrogens (tertiary/aromatic N) is 1. The van der Waals surface area contributed by atoms with E-state index < -0.39 is 13.9 Å². The van der Waals surface area contributed by atoms with Crippen LogP contribution in [0.2, 0.25) is 5.02 Å². The first-order valence-corrected chi connectivity index (χ1v) is 10.7. The molecule has 0 aromatic heterocycles. The summed E-state index contributed by atoms with van der Waals surface area (Å²) in [5.41, 5.74) is 7.75. The molecular weight excluding hydrogens is 384 g/mol. The van der Waals surface area contributed by atoms with Crippen molar-refractivity contribution in [1.29, 1.82) is 0 Å². The van der Waals surface area contributed by atoms with Crippen LogP contribution >= 0.6 is 11.6 Å². The Morgan fingerprint density at radius 1 is 1.22 bits per heavy atom. The molecule has 1 atom stereocenters. The highest BCUT2D eigenvalue weighted by Crippen LogP contribution is 2.41. The zero-order valence-electron chi connectivity index (χ0n) is 15.2. The van der Waals surface area contributed by atoms with Gasteiger partial charge in [0.1, 0.15) is 29.3 Å². The number of hydrogen-bond acceptors (Lipinski definition) is 4. The van der Waals surface area contributed by atoms with Gasteiger partial charge in [0.05, 0.1) is 6.26 Å². The molecule has 0 saturated heterocycles. The fourth-order valence-corrected chi connectivity index (χ4v) is 4.63. The number of ether oxygens (including phenoxy) is 1.